The van der Waals surface area contributed by atoms with Crippen LogP contribution in [0.5, 0.6) is 11.5 Å². The van der Waals surface area contributed by atoms with Crippen molar-refractivity contribution in [3.05, 3.63) is 58.6 Å². The van der Waals surface area contributed by atoms with E-state index in [-0.39, 0.29) is 11.8 Å². The Kier molecular flexibility index (Phi) is 7.18. The molecule has 0 radical (unpaired) electrons. The fourth-order valence-electron chi connectivity index (χ4n) is 3.72. The van der Waals surface area contributed by atoms with Crippen LogP contribution < -0.4 is 19.7 Å². The summed E-state index contributed by atoms with van der Waals surface area (Å²) in [6, 6.07) is 13.5. The number of likely N-dealkylation sites (tertiary alicyclic amines) is 1. The van der Waals surface area contributed by atoms with E-state index in [1.807, 2.05) is 42.5 Å². The second kappa shape index (κ2) is 9.80. The van der Waals surface area contributed by atoms with Gasteiger partial charge in [0.1, 0.15) is 18.0 Å². The third-order valence-electron chi connectivity index (χ3n) is 5.40. The van der Waals surface area contributed by atoms with Gasteiger partial charge in [0.15, 0.2) is 0 Å². The van der Waals surface area contributed by atoms with E-state index in [1.54, 1.807) is 14.2 Å². The number of carbonyl (C=O) groups is 1. The summed E-state index contributed by atoms with van der Waals surface area (Å²) >= 11 is 6.16. The number of benzene rings is 2. The molecule has 1 aliphatic heterocycles. The summed E-state index contributed by atoms with van der Waals surface area (Å²) in [6.45, 7) is 3.27. The molecule has 1 fully saturated rings. The summed E-state index contributed by atoms with van der Waals surface area (Å²) in [6.07, 6.45) is 1.77. The number of nitrogens with one attached hydrogen (secondary N) is 2. The molecule has 3 rings (SSSR count). The summed E-state index contributed by atoms with van der Waals surface area (Å²) < 4.78 is 10.8. The topological polar surface area (TPSA) is 52.0 Å². The number of methoxy groups -OCH3 is 2. The van der Waals surface area contributed by atoms with Gasteiger partial charge in [-0.2, -0.15) is 0 Å². The van der Waals surface area contributed by atoms with Gasteiger partial charge in [-0.1, -0.05) is 29.8 Å². The zero-order valence-electron chi connectivity index (χ0n) is 16.5. The summed E-state index contributed by atoms with van der Waals surface area (Å²) in [4.78, 5) is 14.0. The van der Waals surface area contributed by atoms with Crippen LogP contribution in [0.2, 0.25) is 5.02 Å². The van der Waals surface area contributed by atoms with Crippen molar-refractivity contribution in [1.82, 2.24) is 5.32 Å². The van der Waals surface area contributed by atoms with Crippen molar-refractivity contribution in [2.45, 2.75) is 25.9 Å². The lowest BCUT2D eigenvalue weighted by Crippen LogP contribution is -3.11. The molecule has 2 aromatic carbocycles. The third kappa shape index (κ3) is 5.18. The number of piperidine rings is 1. The lowest BCUT2D eigenvalue weighted by Gasteiger charge is -2.29. The molecule has 28 heavy (non-hydrogen) atoms. The highest BCUT2D eigenvalue weighted by Crippen LogP contribution is 2.23. The molecule has 150 valence electrons. The van der Waals surface area contributed by atoms with Gasteiger partial charge < -0.3 is 19.7 Å². The van der Waals surface area contributed by atoms with E-state index < -0.39 is 0 Å². The molecule has 1 heterocycles. The van der Waals surface area contributed by atoms with Crippen molar-refractivity contribution in [2.75, 3.05) is 27.3 Å². The van der Waals surface area contributed by atoms with Crippen molar-refractivity contribution in [2.24, 2.45) is 5.92 Å². The van der Waals surface area contributed by atoms with Crippen molar-refractivity contribution >= 4 is 17.5 Å². The van der Waals surface area contributed by atoms with Crippen LogP contribution in [0.25, 0.3) is 0 Å². The van der Waals surface area contributed by atoms with Gasteiger partial charge in [0.25, 0.3) is 0 Å². The summed E-state index contributed by atoms with van der Waals surface area (Å²) in [5, 5.41) is 3.73. The average Bonchev–Trinajstić information content (AvgIpc) is 2.73. The fraction of sp³-hybridized carbons (Fsp3) is 0.409. The van der Waals surface area contributed by atoms with Crippen LogP contribution in [0, 0.1) is 5.92 Å². The highest BCUT2D eigenvalue weighted by molar-refractivity contribution is 6.31. The molecule has 1 aliphatic rings. The van der Waals surface area contributed by atoms with Crippen LogP contribution in [0.3, 0.4) is 0 Å². The first-order valence-corrected chi connectivity index (χ1v) is 10.0. The highest BCUT2D eigenvalue weighted by atomic mass is 35.5. The lowest BCUT2D eigenvalue weighted by molar-refractivity contribution is -0.919. The van der Waals surface area contributed by atoms with E-state index >= 15 is 0 Å². The van der Waals surface area contributed by atoms with Gasteiger partial charge in [-0.3, -0.25) is 4.79 Å². The van der Waals surface area contributed by atoms with Crippen LogP contribution in [0.15, 0.2) is 42.5 Å². The predicted octanol–water partition coefficient (Wildman–Crippen LogP) is 2.47. The van der Waals surface area contributed by atoms with Crippen LogP contribution in [0.1, 0.15) is 24.0 Å². The quantitative estimate of drug-likeness (QED) is 0.746. The van der Waals surface area contributed by atoms with Crippen LogP contribution in [-0.4, -0.2) is 33.2 Å². The molecule has 2 aromatic rings. The Labute approximate surface area is 171 Å². The van der Waals surface area contributed by atoms with Crippen molar-refractivity contribution < 1.29 is 19.2 Å². The Morgan fingerprint density at radius 3 is 2.54 bits per heavy atom. The zero-order valence-corrected chi connectivity index (χ0v) is 17.2. The molecule has 0 atom stereocenters. The number of amides is 1. The number of hydrogen-bond donors (Lipinski definition) is 2. The predicted molar refractivity (Wildman–Crippen MR) is 110 cm³/mol. The van der Waals surface area contributed by atoms with Gasteiger partial charge in [-0.15, -0.1) is 0 Å². The number of rotatable bonds is 7. The summed E-state index contributed by atoms with van der Waals surface area (Å²) in [5.41, 5.74) is 2.09. The third-order valence-corrected chi connectivity index (χ3v) is 5.77. The smallest absolute Gasteiger partial charge is 0.223 e. The molecule has 0 spiro atoms. The SMILES string of the molecule is COc1ccc(OC)c(C[NH+]2CCC(C(=O)NCc3ccccc3Cl)CC2)c1. The van der Waals surface area contributed by atoms with E-state index in [0.717, 1.165) is 55.1 Å². The minimum Gasteiger partial charge on any atom is -0.497 e. The largest absolute Gasteiger partial charge is 0.497 e. The van der Waals surface area contributed by atoms with Gasteiger partial charge in [0, 0.05) is 30.3 Å². The van der Waals surface area contributed by atoms with Crippen LogP contribution in [-0.2, 0) is 17.9 Å². The molecule has 6 heteroatoms. The summed E-state index contributed by atoms with van der Waals surface area (Å²) in [5.74, 6) is 1.91. The van der Waals surface area contributed by atoms with E-state index in [4.69, 9.17) is 21.1 Å². The van der Waals surface area contributed by atoms with Gasteiger partial charge in [-0.25, -0.2) is 0 Å². The monoisotopic (exact) mass is 403 g/mol. The molecule has 2 N–H and O–H groups in total. The number of ether oxygens (including phenoxy) is 2. The Bertz CT molecular complexity index is 804. The first-order valence-electron chi connectivity index (χ1n) is 9.66. The lowest BCUT2D eigenvalue weighted by atomic mass is 9.95. The maximum absolute atomic E-state index is 12.5. The molecule has 5 nitrogen and oxygen atoms in total. The Morgan fingerprint density at radius 1 is 1.11 bits per heavy atom. The Balaban J connectivity index is 1.50. The van der Waals surface area contributed by atoms with Crippen molar-refractivity contribution in [3.8, 4) is 11.5 Å². The maximum atomic E-state index is 12.5. The Hall–Kier alpha value is -2.24. The molecule has 0 saturated carbocycles. The molecule has 0 aromatic heterocycles. The van der Waals surface area contributed by atoms with Crippen molar-refractivity contribution in [1.29, 1.82) is 0 Å². The first-order chi connectivity index (χ1) is 13.6. The van der Waals surface area contributed by atoms with E-state index in [2.05, 4.69) is 5.32 Å². The van der Waals surface area contributed by atoms with Gasteiger partial charge in [0.2, 0.25) is 5.91 Å². The Morgan fingerprint density at radius 2 is 1.86 bits per heavy atom. The molecule has 1 saturated heterocycles. The number of hydrogen-bond acceptors (Lipinski definition) is 3. The number of quaternary nitrogens is 1. The normalized spacial score (nSPS) is 19.1. The molecule has 0 aliphatic carbocycles. The molecular formula is C22H28ClN2O3+. The molecular weight excluding hydrogens is 376 g/mol. The van der Waals surface area contributed by atoms with Crippen LogP contribution in [0.4, 0.5) is 0 Å². The average molecular weight is 404 g/mol. The second-order valence-corrected chi connectivity index (χ2v) is 7.60. The van der Waals surface area contributed by atoms with E-state index in [0.29, 0.717) is 11.6 Å². The van der Waals surface area contributed by atoms with E-state index in [9.17, 15) is 4.79 Å². The molecule has 0 bridgehead atoms. The second-order valence-electron chi connectivity index (χ2n) is 7.19. The standard InChI is InChI=1S/C22H27ClN2O3/c1-27-19-7-8-21(28-2)18(13-19)15-25-11-9-16(10-12-25)22(26)24-14-17-5-3-4-6-20(17)23/h3-8,13,16H,9-12,14-15H2,1-2H3,(H,24,26)/p+1. The number of halogens is 1. The molecule has 1 amide bonds. The van der Waals surface area contributed by atoms with Gasteiger partial charge in [-0.05, 0) is 29.8 Å². The minimum atomic E-state index is 0.0680. The minimum absolute atomic E-state index is 0.0680. The van der Waals surface area contributed by atoms with Gasteiger partial charge >= 0.3 is 0 Å². The maximum Gasteiger partial charge on any atom is 0.223 e. The summed E-state index contributed by atoms with van der Waals surface area (Å²) in [7, 11) is 3.36. The van der Waals surface area contributed by atoms with Gasteiger partial charge in [0.05, 0.1) is 32.9 Å². The zero-order chi connectivity index (χ0) is 19.9. The highest BCUT2D eigenvalue weighted by Gasteiger charge is 2.28. The fourth-order valence-corrected chi connectivity index (χ4v) is 3.93. The first kappa shape index (κ1) is 20.5. The van der Waals surface area contributed by atoms with E-state index in [1.165, 1.54) is 4.90 Å². The molecule has 0 unspecified atom stereocenters. The van der Waals surface area contributed by atoms with Crippen LogP contribution >= 0.6 is 11.6 Å². The number of carbonyl (C=O) groups excluding carboxylic acids is 1. The van der Waals surface area contributed by atoms with Crippen molar-refractivity contribution in [3.63, 3.8) is 0 Å².